The summed E-state index contributed by atoms with van der Waals surface area (Å²) in [6.45, 7) is 4.35. The van der Waals surface area contributed by atoms with Gasteiger partial charge in [0.2, 0.25) is 0 Å². The molecule has 0 saturated carbocycles. The van der Waals surface area contributed by atoms with E-state index in [4.69, 9.17) is 14.2 Å². The van der Waals surface area contributed by atoms with Crippen LogP contribution in [0.3, 0.4) is 0 Å². The van der Waals surface area contributed by atoms with Crippen LogP contribution in [0.2, 0.25) is 0 Å². The second-order valence-electron chi connectivity index (χ2n) is 7.33. The number of rotatable bonds is 21. The van der Waals surface area contributed by atoms with E-state index in [-0.39, 0.29) is 6.10 Å². The number of hydrogen-bond donors (Lipinski definition) is 0. The molecule has 0 fully saturated rings. The molecule has 1 atom stereocenters. The Labute approximate surface area is 163 Å². The SMILES string of the molecule is CCCCCCCC/C=C\CCCCCCCCOC[C@H](COC)OC. The molecule has 0 aliphatic carbocycles. The fourth-order valence-electron chi connectivity index (χ4n) is 3.04. The van der Waals surface area contributed by atoms with Gasteiger partial charge in [-0.3, -0.25) is 0 Å². The van der Waals surface area contributed by atoms with Gasteiger partial charge < -0.3 is 14.2 Å². The zero-order valence-electron chi connectivity index (χ0n) is 18.0. The molecule has 0 aromatic rings. The van der Waals surface area contributed by atoms with Crippen LogP contribution in [0.4, 0.5) is 0 Å². The third kappa shape index (κ3) is 19.9. The molecule has 0 bridgehead atoms. The first kappa shape index (κ1) is 25.6. The normalized spacial score (nSPS) is 12.9. The van der Waals surface area contributed by atoms with Crippen molar-refractivity contribution in [2.75, 3.05) is 34.0 Å². The highest BCUT2D eigenvalue weighted by molar-refractivity contribution is 4.81. The van der Waals surface area contributed by atoms with E-state index < -0.39 is 0 Å². The fourth-order valence-corrected chi connectivity index (χ4v) is 3.04. The van der Waals surface area contributed by atoms with Gasteiger partial charge in [-0.05, 0) is 32.1 Å². The molecule has 0 unspecified atom stereocenters. The summed E-state index contributed by atoms with van der Waals surface area (Å²) in [7, 11) is 3.40. The van der Waals surface area contributed by atoms with Crippen molar-refractivity contribution in [1.29, 1.82) is 0 Å². The van der Waals surface area contributed by atoms with Gasteiger partial charge in [-0.15, -0.1) is 0 Å². The molecule has 0 spiro atoms. The van der Waals surface area contributed by atoms with E-state index in [0.717, 1.165) is 13.0 Å². The van der Waals surface area contributed by atoms with E-state index in [9.17, 15) is 0 Å². The summed E-state index contributed by atoms with van der Waals surface area (Å²) in [6, 6.07) is 0. The zero-order chi connectivity index (χ0) is 19.1. The Bertz CT molecular complexity index is 279. The average Bonchev–Trinajstić information content (AvgIpc) is 2.66. The Balaban J connectivity index is 3.16. The third-order valence-corrected chi connectivity index (χ3v) is 4.79. The lowest BCUT2D eigenvalue weighted by Gasteiger charge is -2.14. The zero-order valence-corrected chi connectivity index (χ0v) is 18.0. The van der Waals surface area contributed by atoms with Crippen molar-refractivity contribution in [3.05, 3.63) is 12.2 Å². The summed E-state index contributed by atoms with van der Waals surface area (Å²) in [5.74, 6) is 0. The van der Waals surface area contributed by atoms with Crippen LogP contribution in [0.1, 0.15) is 96.8 Å². The second-order valence-corrected chi connectivity index (χ2v) is 7.33. The van der Waals surface area contributed by atoms with Gasteiger partial charge >= 0.3 is 0 Å². The molecule has 0 N–H and O–H groups in total. The molecule has 0 aromatic heterocycles. The van der Waals surface area contributed by atoms with E-state index in [1.54, 1.807) is 14.2 Å². The van der Waals surface area contributed by atoms with Crippen molar-refractivity contribution in [2.45, 2.75) is 103 Å². The van der Waals surface area contributed by atoms with E-state index in [2.05, 4.69) is 19.1 Å². The standard InChI is InChI=1S/C23H46O3/c1-4-5-6-7-8-9-10-11-12-13-14-15-16-17-18-19-20-26-22-23(25-3)21-24-2/h11-12,23H,4-10,13-22H2,1-3H3/b12-11-/t23-/m0/s1. The van der Waals surface area contributed by atoms with Gasteiger partial charge in [0, 0.05) is 20.8 Å². The minimum Gasteiger partial charge on any atom is -0.382 e. The van der Waals surface area contributed by atoms with Crippen molar-refractivity contribution in [3.8, 4) is 0 Å². The number of methoxy groups -OCH3 is 2. The van der Waals surface area contributed by atoms with Crippen LogP contribution in [0.5, 0.6) is 0 Å². The van der Waals surface area contributed by atoms with Crippen LogP contribution in [0.15, 0.2) is 12.2 Å². The first-order valence-corrected chi connectivity index (χ1v) is 11.1. The number of ether oxygens (including phenoxy) is 3. The lowest BCUT2D eigenvalue weighted by atomic mass is 10.1. The second kappa shape index (κ2) is 22.7. The predicted octanol–water partition coefficient (Wildman–Crippen LogP) is 6.70. The van der Waals surface area contributed by atoms with Gasteiger partial charge in [0.05, 0.1) is 13.2 Å². The fraction of sp³-hybridized carbons (Fsp3) is 0.913. The van der Waals surface area contributed by atoms with E-state index in [0.29, 0.717) is 13.2 Å². The van der Waals surface area contributed by atoms with Crippen LogP contribution < -0.4 is 0 Å². The van der Waals surface area contributed by atoms with Crippen LogP contribution in [-0.4, -0.2) is 40.1 Å². The van der Waals surface area contributed by atoms with Gasteiger partial charge in [0.15, 0.2) is 0 Å². The Kier molecular flexibility index (Phi) is 22.3. The average molecular weight is 371 g/mol. The minimum absolute atomic E-state index is 0.0640. The van der Waals surface area contributed by atoms with Gasteiger partial charge in [0.1, 0.15) is 6.10 Å². The summed E-state index contributed by atoms with van der Waals surface area (Å²) in [4.78, 5) is 0. The molecule has 3 nitrogen and oxygen atoms in total. The summed E-state index contributed by atoms with van der Waals surface area (Å²) in [6.07, 6.45) is 23.6. The largest absolute Gasteiger partial charge is 0.382 e. The van der Waals surface area contributed by atoms with Crippen LogP contribution in [0, 0.1) is 0 Å². The Hall–Kier alpha value is -0.380. The highest BCUT2D eigenvalue weighted by atomic mass is 16.5. The molecular formula is C23H46O3. The van der Waals surface area contributed by atoms with E-state index in [1.165, 1.54) is 83.5 Å². The lowest BCUT2D eigenvalue weighted by Crippen LogP contribution is -2.23. The highest BCUT2D eigenvalue weighted by Gasteiger charge is 2.05. The number of hydrogen-bond acceptors (Lipinski definition) is 3. The lowest BCUT2D eigenvalue weighted by molar-refractivity contribution is -0.0308. The maximum atomic E-state index is 5.64. The number of allylic oxidation sites excluding steroid dienone is 2. The predicted molar refractivity (Wildman–Crippen MR) is 113 cm³/mol. The van der Waals surface area contributed by atoms with Crippen molar-refractivity contribution >= 4 is 0 Å². The molecule has 0 aliphatic rings. The molecule has 156 valence electrons. The summed E-state index contributed by atoms with van der Waals surface area (Å²) in [5, 5.41) is 0. The third-order valence-electron chi connectivity index (χ3n) is 4.79. The number of unbranched alkanes of at least 4 members (excludes halogenated alkanes) is 12. The van der Waals surface area contributed by atoms with Gasteiger partial charge in [-0.25, -0.2) is 0 Å². The van der Waals surface area contributed by atoms with Gasteiger partial charge in [-0.1, -0.05) is 76.9 Å². The van der Waals surface area contributed by atoms with Crippen molar-refractivity contribution in [1.82, 2.24) is 0 Å². The monoisotopic (exact) mass is 370 g/mol. The first-order chi connectivity index (χ1) is 12.8. The van der Waals surface area contributed by atoms with Crippen LogP contribution in [0.25, 0.3) is 0 Å². The molecule has 0 aliphatic heterocycles. The molecule has 0 heterocycles. The molecule has 3 heteroatoms. The Morgan fingerprint density at radius 2 is 1.19 bits per heavy atom. The molecule has 0 aromatic carbocycles. The summed E-state index contributed by atoms with van der Waals surface area (Å²) in [5.41, 5.74) is 0. The maximum absolute atomic E-state index is 5.64. The minimum atomic E-state index is 0.0640. The quantitative estimate of drug-likeness (QED) is 0.166. The van der Waals surface area contributed by atoms with E-state index in [1.807, 2.05) is 0 Å². The Morgan fingerprint density at radius 3 is 1.73 bits per heavy atom. The van der Waals surface area contributed by atoms with Crippen molar-refractivity contribution in [3.63, 3.8) is 0 Å². The smallest absolute Gasteiger partial charge is 0.104 e. The molecule has 0 amide bonds. The van der Waals surface area contributed by atoms with Crippen LogP contribution >= 0.6 is 0 Å². The highest BCUT2D eigenvalue weighted by Crippen LogP contribution is 2.10. The van der Waals surface area contributed by atoms with Crippen molar-refractivity contribution in [2.24, 2.45) is 0 Å². The molecular weight excluding hydrogens is 324 g/mol. The van der Waals surface area contributed by atoms with Crippen molar-refractivity contribution < 1.29 is 14.2 Å². The molecule has 0 radical (unpaired) electrons. The molecule has 0 rings (SSSR count). The summed E-state index contributed by atoms with van der Waals surface area (Å²) < 4.78 is 16.0. The molecule has 0 saturated heterocycles. The Morgan fingerprint density at radius 1 is 0.654 bits per heavy atom. The maximum Gasteiger partial charge on any atom is 0.104 e. The summed E-state index contributed by atoms with van der Waals surface area (Å²) >= 11 is 0. The van der Waals surface area contributed by atoms with Gasteiger partial charge in [-0.2, -0.15) is 0 Å². The topological polar surface area (TPSA) is 27.7 Å². The first-order valence-electron chi connectivity index (χ1n) is 11.1. The van der Waals surface area contributed by atoms with E-state index >= 15 is 0 Å². The van der Waals surface area contributed by atoms with Crippen LogP contribution in [-0.2, 0) is 14.2 Å². The molecule has 26 heavy (non-hydrogen) atoms. The van der Waals surface area contributed by atoms with Gasteiger partial charge in [0.25, 0.3) is 0 Å².